The van der Waals surface area contributed by atoms with Crippen molar-refractivity contribution in [2.75, 3.05) is 5.32 Å². The molecule has 1 aliphatic carbocycles. The maximum Gasteiger partial charge on any atom is 0.248 e. The Labute approximate surface area is 119 Å². The molecule has 1 aromatic rings. The van der Waals surface area contributed by atoms with Crippen LogP contribution in [0.3, 0.4) is 0 Å². The number of nitrogens with one attached hydrogen (secondary N) is 1. The molecule has 0 unspecified atom stereocenters. The Morgan fingerprint density at radius 3 is 2.58 bits per heavy atom. The number of primary amides is 1. The van der Waals surface area contributed by atoms with Crippen molar-refractivity contribution in [1.82, 2.24) is 0 Å². The Morgan fingerprint density at radius 2 is 2.00 bits per heavy atom. The van der Waals surface area contributed by atoms with Gasteiger partial charge in [-0.05, 0) is 49.3 Å². The molecular weight excluding hydrogens is 260 g/mol. The van der Waals surface area contributed by atoms with E-state index in [1.54, 1.807) is 18.2 Å². The van der Waals surface area contributed by atoms with E-state index in [9.17, 15) is 4.79 Å². The fourth-order valence-corrected chi connectivity index (χ4v) is 2.72. The van der Waals surface area contributed by atoms with Crippen molar-refractivity contribution in [3.8, 4) is 0 Å². The molecule has 0 aromatic heterocycles. The third-order valence-electron chi connectivity index (χ3n) is 3.95. The molecule has 0 heterocycles. The Morgan fingerprint density at radius 1 is 1.37 bits per heavy atom. The average Bonchev–Trinajstić information content (AvgIpc) is 2.34. The number of anilines is 1. The van der Waals surface area contributed by atoms with Gasteiger partial charge in [0, 0.05) is 11.6 Å². The van der Waals surface area contributed by atoms with E-state index in [4.69, 9.17) is 17.3 Å². The number of amides is 1. The summed E-state index contributed by atoms with van der Waals surface area (Å²) >= 11 is 6.16. The second-order valence-electron chi connectivity index (χ2n) is 6.14. The third-order valence-corrected chi connectivity index (χ3v) is 4.28. The number of rotatable bonds is 3. The molecule has 1 aromatic carbocycles. The molecule has 1 aliphatic rings. The van der Waals surface area contributed by atoms with Gasteiger partial charge in [-0.1, -0.05) is 25.4 Å². The number of hydrogen-bond acceptors (Lipinski definition) is 2. The van der Waals surface area contributed by atoms with Gasteiger partial charge in [-0.2, -0.15) is 0 Å². The Hall–Kier alpha value is -1.22. The van der Waals surface area contributed by atoms with Gasteiger partial charge in [-0.25, -0.2) is 0 Å². The van der Waals surface area contributed by atoms with Gasteiger partial charge in [0.2, 0.25) is 5.91 Å². The Bertz CT molecular complexity index is 475. The Balaban J connectivity index is 2.07. The van der Waals surface area contributed by atoms with Crippen LogP contribution in [-0.4, -0.2) is 11.9 Å². The SMILES string of the molecule is CC1(C)CCC(Nc2cc(C(N)=O)ccc2Cl)CC1. The zero-order chi connectivity index (χ0) is 14.0. The lowest BCUT2D eigenvalue weighted by atomic mass is 9.75. The number of benzene rings is 1. The smallest absolute Gasteiger partial charge is 0.248 e. The van der Waals surface area contributed by atoms with Gasteiger partial charge in [-0.3, -0.25) is 4.79 Å². The first-order valence-electron chi connectivity index (χ1n) is 6.73. The van der Waals surface area contributed by atoms with Crippen LogP contribution in [0.5, 0.6) is 0 Å². The monoisotopic (exact) mass is 280 g/mol. The molecule has 0 aliphatic heterocycles. The molecule has 1 saturated carbocycles. The highest BCUT2D eigenvalue weighted by Crippen LogP contribution is 2.36. The molecule has 19 heavy (non-hydrogen) atoms. The van der Waals surface area contributed by atoms with E-state index in [1.165, 1.54) is 12.8 Å². The van der Waals surface area contributed by atoms with E-state index in [-0.39, 0.29) is 0 Å². The molecule has 0 radical (unpaired) electrons. The highest BCUT2D eigenvalue weighted by atomic mass is 35.5. The van der Waals surface area contributed by atoms with E-state index >= 15 is 0 Å². The fraction of sp³-hybridized carbons (Fsp3) is 0.533. The lowest BCUT2D eigenvalue weighted by Crippen LogP contribution is -2.30. The summed E-state index contributed by atoms with van der Waals surface area (Å²) in [5, 5.41) is 4.08. The standard InChI is InChI=1S/C15H21ClN2O/c1-15(2)7-5-11(6-8-15)18-13-9-10(14(17)19)3-4-12(13)16/h3-4,9,11,18H,5-8H2,1-2H3,(H2,17,19). The van der Waals surface area contributed by atoms with E-state index in [2.05, 4.69) is 19.2 Å². The van der Waals surface area contributed by atoms with Gasteiger partial charge in [0.1, 0.15) is 0 Å². The molecule has 3 nitrogen and oxygen atoms in total. The minimum atomic E-state index is -0.426. The summed E-state index contributed by atoms with van der Waals surface area (Å²) in [7, 11) is 0. The first-order valence-corrected chi connectivity index (χ1v) is 7.11. The maximum absolute atomic E-state index is 11.2. The molecule has 104 valence electrons. The van der Waals surface area contributed by atoms with Crippen molar-refractivity contribution >= 4 is 23.2 Å². The highest BCUT2D eigenvalue weighted by molar-refractivity contribution is 6.33. The summed E-state index contributed by atoms with van der Waals surface area (Å²) < 4.78 is 0. The highest BCUT2D eigenvalue weighted by Gasteiger charge is 2.26. The average molecular weight is 281 g/mol. The van der Waals surface area contributed by atoms with E-state index in [0.29, 0.717) is 22.0 Å². The summed E-state index contributed by atoms with van der Waals surface area (Å²) in [6, 6.07) is 5.54. The van der Waals surface area contributed by atoms with E-state index in [0.717, 1.165) is 18.5 Å². The molecule has 0 atom stereocenters. The summed E-state index contributed by atoms with van der Waals surface area (Å²) in [6.07, 6.45) is 4.67. The normalized spacial score (nSPS) is 19.1. The van der Waals surface area contributed by atoms with Crippen molar-refractivity contribution in [3.63, 3.8) is 0 Å². The second kappa shape index (κ2) is 5.41. The first kappa shape index (κ1) is 14.2. The van der Waals surface area contributed by atoms with Crippen molar-refractivity contribution in [1.29, 1.82) is 0 Å². The minimum absolute atomic E-state index is 0.425. The molecule has 1 fully saturated rings. The van der Waals surface area contributed by atoms with Crippen molar-refractivity contribution in [3.05, 3.63) is 28.8 Å². The van der Waals surface area contributed by atoms with E-state index in [1.807, 2.05) is 0 Å². The summed E-state index contributed by atoms with van der Waals surface area (Å²) in [5.74, 6) is -0.426. The van der Waals surface area contributed by atoms with Crippen LogP contribution in [0, 0.1) is 5.41 Å². The number of halogens is 1. The van der Waals surface area contributed by atoms with Crippen LogP contribution < -0.4 is 11.1 Å². The second-order valence-corrected chi connectivity index (χ2v) is 6.55. The molecule has 0 spiro atoms. The number of nitrogens with two attached hydrogens (primary N) is 1. The topological polar surface area (TPSA) is 55.1 Å². The molecule has 3 N–H and O–H groups in total. The molecule has 4 heteroatoms. The number of carbonyl (C=O) groups excluding carboxylic acids is 1. The van der Waals surface area contributed by atoms with E-state index < -0.39 is 5.91 Å². The quantitative estimate of drug-likeness (QED) is 0.884. The molecule has 2 rings (SSSR count). The fourth-order valence-electron chi connectivity index (χ4n) is 2.55. The van der Waals surface area contributed by atoms with Crippen LogP contribution in [-0.2, 0) is 0 Å². The minimum Gasteiger partial charge on any atom is -0.381 e. The molecule has 0 bridgehead atoms. The van der Waals surface area contributed by atoms with Gasteiger partial charge in [-0.15, -0.1) is 0 Å². The van der Waals surface area contributed by atoms with Crippen LogP contribution >= 0.6 is 11.6 Å². The third kappa shape index (κ3) is 3.63. The molecular formula is C15H21ClN2O. The summed E-state index contributed by atoms with van der Waals surface area (Å²) in [4.78, 5) is 11.2. The van der Waals surface area contributed by atoms with Crippen LogP contribution in [0.15, 0.2) is 18.2 Å². The van der Waals surface area contributed by atoms with Gasteiger partial charge in [0.25, 0.3) is 0 Å². The van der Waals surface area contributed by atoms with Crippen LogP contribution in [0.2, 0.25) is 5.02 Å². The zero-order valence-corrected chi connectivity index (χ0v) is 12.3. The summed E-state index contributed by atoms with van der Waals surface area (Å²) in [5.41, 5.74) is 7.03. The predicted octanol–water partition coefficient (Wildman–Crippen LogP) is 3.82. The lowest BCUT2D eigenvalue weighted by molar-refractivity contribution is 0.100. The van der Waals surface area contributed by atoms with Crippen LogP contribution in [0.1, 0.15) is 49.9 Å². The largest absolute Gasteiger partial charge is 0.381 e. The Kier molecular flexibility index (Phi) is 4.04. The maximum atomic E-state index is 11.2. The van der Waals surface area contributed by atoms with Gasteiger partial charge >= 0.3 is 0 Å². The number of carbonyl (C=O) groups is 1. The number of hydrogen-bond donors (Lipinski definition) is 2. The first-order chi connectivity index (χ1) is 8.87. The lowest BCUT2D eigenvalue weighted by Gasteiger charge is -2.35. The predicted molar refractivity (Wildman–Crippen MR) is 79.6 cm³/mol. The van der Waals surface area contributed by atoms with Crippen molar-refractivity contribution in [2.24, 2.45) is 11.1 Å². The molecule has 1 amide bonds. The van der Waals surface area contributed by atoms with Gasteiger partial charge in [0.05, 0.1) is 10.7 Å². The van der Waals surface area contributed by atoms with Crippen LogP contribution in [0.4, 0.5) is 5.69 Å². The summed E-state index contributed by atoms with van der Waals surface area (Å²) in [6.45, 7) is 4.62. The molecule has 0 saturated heterocycles. The van der Waals surface area contributed by atoms with Gasteiger partial charge in [0.15, 0.2) is 0 Å². The van der Waals surface area contributed by atoms with Crippen molar-refractivity contribution < 1.29 is 4.79 Å². The van der Waals surface area contributed by atoms with Gasteiger partial charge < -0.3 is 11.1 Å². The van der Waals surface area contributed by atoms with Crippen molar-refractivity contribution in [2.45, 2.75) is 45.6 Å². The zero-order valence-electron chi connectivity index (χ0n) is 11.5. The van der Waals surface area contributed by atoms with Crippen LogP contribution in [0.25, 0.3) is 0 Å².